The van der Waals surface area contributed by atoms with Crippen LogP contribution in [0, 0.1) is 12.7 Å². The number of carbonyl (C=O) groups is 3. The maximum absolute atomic E-state index is 14.9. The molecule has 57 heavy (non-hydrogen) atoms. The summed E-state index contributed by atoms with van der Waals surface area (Å²) >= 11 is 0. The molecule has 0 spiro atoms. The summed E-state index contributed by atoms with van der Waals surface area (Å²) in [4.78, 5) is 56.2. The van der Waals surface area contributed by atoms with Crippen LogP contribution < -0.4 is 27.8 Å². The van der Waals surface area contributed by atoms with Crippen molar-refractivity contribution in [2.45, 2.75) is 58.0 Å². The number of aliphatic hydroxyl groups is 1. The van der Waals surface area contributed by atoms with Gasteiger partial charge in [0.15, 0.2) is 6.10 Å². The summed E-state index contributed by atoms with van der Waals surface area (Å²) < 4.78 is 26.9. The van der Waals surface area contributed by atoms with Crippen molar-refractivity contribution in [1.29, 1.82) is 0 Å². The van der Waals surface area contributed by atoms with Crippen molar-refractivity contribution in [3.8, 4) is 22.5 Å². The molecule has 1 atom stereocenters. The molecule has 0 radical (unpaired) electrons. The van der Waals surface area contributed by atoms with Crippen molar-refractivity contribution in [3.05, 3.63) is 134 Å². The van der Waals surface area contributed by atoms with E-state index < -0.39 is 41.0 Å². The van der Waals surface area contributed by atoms with Crippen LogP contribution in [0.1, 0.15) is 64.8 Å². The molecule has 2 aliphatic heterocycles. The Morgan fingerprint density at radius 3 is 2.46 bits per heavy atom. The predicted molar refractivity (Wildman–Crippen MR) is 207 cm³/mol. The minimum Gasteiger partial charge on any atom is -0.458 e. The highest BCUT2D eigenvalue weighted by Gasteiger charge is 2.35. The van der Waals surface area contributed by atoms with E-state index in [2.05, 4.69) is 10.6 Å². The minimum absolute atomic E-state index is 0.0349. The lowest BCUT2D eigenvalue weighted by Crippen LogP contribution is -2.51. The second kappa shape index (κ2) is 14.2. The number of ether oxygens (including phenoxy) is 2. The fraction of sp³-hybridized carbons (Fsp3) is 0.262. The minimum atomic E-state index is -1.63. The van der Waals surface area contributed by atoms with E-state index in [-0.39, 0.29) is 55.6 Å². The number of hydrogen-bond donors (Lipinski definition) is 5. The highest BCUT2D eigenvalue weighted by atomic mass is 19.1. The Kier molecular flexibility index (Phi) is 9.29. The van der Waals surface area contributed by atoms with Crippen LogP contribution in [0.4, 0.5) is 9.18 Å². The van der Waals surface area contributed by atoms with Gasteiger partial charge in [0.25, 0.3) is 5.56 Å². The van der Waals surface area contributed by atoms with Gasteiger partial charge in [-0.15, -0.1) is 0 Å². The van der Waals surface area contributed by atoms with E-state index in [0.29, 0.717) is 39.0 Å². The lowest BCUT2D eigenvalue weighted by Gasteiger charge is -2.29. The maximum atomic E-state index is 14.9. The van der Waals surface area contributed by atoms with E-state index in [9.17, 15) is 28.7 Å². The fourth-order valence-corrected chi connectivity index (χ4v) is 7.85. The number of pyridine rings is 2. The van der Waals surface area contributed by atoms with Crippen LogP contribution in [0.25, 0.3) is 33.4 Å². The van der Waals surface area contributed by atoms with Crippen LogP contribution in [0.5, 0.6) is 0 Å². The molecule has 3 aliphatic rings. The highest BCUT2D eigenvalue weighted by Crippen LogP contribution is 2.44. The van der Waals surface area contributed by atoms with Crippen molar-refractivity contribution >= 4 is 28.9 Å². The van der Waals surface area contributed by atoms with Crippen LogP contribution in [-0.2, 0) is 38.8 Å². The molecule has 2 aromatic heterocycles. The van der Waals surface area contributed by atoms with E-state index in [1.807, 2.05) is 48.5 Å². The Morgan fingerprint density at radius 2 is 1.75 bits per heavy atom. The summed E-state index contributed by atoms with van der Waals surface area (Å²) in [6, 6.07) is 20.5. The van der Waals surface area contributed by atoms with E-state index in [4.69, 9.17) is 26.0 Å². The van der Waals surface area contributed by atoms with Crippen molar-refractivity contribution in [3.63, 3.8) is 0 Å². The number of carbonyl (C=O) groups excluding carboxylic acids is 3. The van der Waals surface area contributed by atoms with Gasteiger partial charge < -0.3 is 40.5 Å². The number of halogens is 1. The maximum Gasteiger partial charge on any atom is 0.407 e. The van der Waals surface area contributed by atoms with Gasteiger partial charge in [-0.05, 0) is 66.3 Å². The number of nitrogens with one attached hydrogen (secondary N) is 2. The Balaban J connectivity index is 0.958. The predicted octanol–water partition coefficient (Wildman–Crippen LogP) is 3.87. The summed E-state index contributed by atoms with van der Waals surface area (Å²) in [6.07, 6.45) is -0.909. The summed E-state index contributed by atoms with van der Waals surface area (Å²) in [5.74, 6) is 4.56. The molecule has 5 aromatic rings. The summed E-state index contributed by atoms with van der Waals surface area (Å²) in [7, 11) is 0. The van der Waals surface area contributed by atoms with Gasteiger partial charge in [-0.3, -0.25) is 9.59 Å². The van der Waals surface area contributed by atoms with Crippen molar-refractivity contribution in [2.24, 2.45) is 11.6 Å². The molecule has 0 saturated carbocycles. The van der Waals surface area contributed by atoms with Gasteiger partial charge in [0.05, 0.1) is 46.8 Å². The third-order valence-corrected chi connectivity index (χ3v) is 10.9. The largest absolute Gasteiger partial charge is 0.458 e. The van der Waals surface area contributed by atoms with Crippen LogP contribution in [0.3, 0.4) is 0 Å². The van der Waals surface area contributed by atoms with Gasteiger partial charge in [0.2, 0.25) is 5.91 Å². The Labute approximate surface area is 325 Å². The summed E-state index contributed by atoms with van der Waals surface area (Å²) in [5.41, 5.74) is 12.5. The second-order valence-corrected chi connectivity index (χ2v) is 15.0. The number of fused-ring (bicyclic) bond motifs is 8. The molecule has 0 bridgehead atoms. The monoisotopic (exact) mass is 773 g/mol. The molecular formula is C42H40FN7O7. The first-order valence-corrected chi connectivity index (χ1v) is 18.3. The average Bonchev–Trinajstić information content (AvgIpc) is 3.71. The molecule has 3 aromatic carbocycles. The normalized spacial score (nSPS) is 15.6. The lowest BCUT2D eigenvalue weighted by molar-refractivity contribution is -0.157. The Bertz CT molecular complexity index is 2570. The second-order valence-electron chi connectivity index (χ2n) is 15.0. The number of amides is 2. The Morgan fingerprint density at radius 1 is 1.07 bits per heavy atom. The quantitative estimate of drug-likeness (QED) is 0.0811. The highest BCUT2D eigenvalue weighted by molar-refractivity contribution is 5.89. The SMILES string of the molecule is Cc1cc2c(CN(N)/C=C(\N)C(C)(C)NC(=O)CNC(=O)OCC3c4ccccc4-c4ccccc43)c3c(nc2cc1F)-c1cc2c(c(=O)n1C3)COC(=O)C2O. The van der Waals surface area contributed by atoms with E-state index in [1.165, 1.54) is 21.8 Å². The van der Waals surface area contributed by atoms with Crippen molar-refractivity contribution in [2.75, 3.05) is 13.2 Å². The first-order valence-electron chi connectivity index (χ1n) is 18.3. The van der Waals surface area contributed by atoms with Gasteiger partial charge in [-0.25, -0.2) is 24.8 Å². The third kappa shape index (κ3) is 6.63. The molecule has 2 amide bonds. The van der Waals surface area contributed by atoms with E-state index >= 15 is 0 Å². The molecule has 1 aliphatic carbocycles. The van der Waals surface area contributed by atoms with Gasteiger partial charge in [-0.1, -0.05) is 48.5 Å². The first-order chi connectivity index (χ1) is 27.2. The van der Waals surface area contributed by atoms with Crippen molar-refractivity contribution < 1.29 is 33.4 Å². The van der Waals surface area contributed by atoms with E-state index in [0.717, 1.165) is 22.3 Å². The third-order valence-electron chi connectivity index (χ3n) is 10.9. The van der Waals surface area contributed by atoms with Gasteiger partial charge in [0.1, 0.15) is 25.6 Å². The molecule has 8 rings (SSSR count). The Hall–Kier alpha value is -6.58. The zero-order chi connectivity index (χ0) is 40.3. The zero-order valence-electron chi connectivity index (χ0n) is 31.4. The topological polar surface area (TPSA) is 204 Å². The van der Waals surface area contributed by atoms with Crippen LogP contribution in [-0.4, -0.2) is 56.3 Å². The molecular weight excluding hydrogens is 734 g/mol. The molecule has 14 nitrogen and oxygen atoms in total. The molecule has 7 N–H and O–H groups in total. The number of rotatable bonds is 9. The first kappa shape index (κ1) is 37.3. The fourth-order valence-electron chi connectivity index (χ4n) is 7.85. The number of aryl methyl sites for hydroxylation is 1. The number of alkyl carbamates (subject to hydrolysis) is 1. The molecule has 0 fully saturated rings. The summed E-state index contributed by atoms with van der Waals surface area (Å²) in [5, 5.41) is 17.8. The van der Waals surface area contributed by atoms with Gasteiger partial charge >= 0.3 is 12.1 Å². The molecule has 0 saturated heterocycles. The number of aliphatic hydroxyl groups excluding tert-OH is 1. The zero-order valence-corrected chi connectivity index (χ0v) is 31.4. The molecule has 4 heterocycles. The van der Waals surface area contributed by atoms with Crippen molar-refractivity contribution in [1.82, 2.24) is 25.2 Å². The van der Waals surface area contributed by atoms with Crippen LogP contribution >= 0.6 is 0 Å². The lowest BCUT2D eigenvalue weighted by atomic mass is 9.97. The van der Waals surface area contributed by atoms with Crippen LogP contribution in [0.2, 0.25) is 0 Å². The number of nitrogens with zero attached hydrogens (tertiary/aromatic N) is 3. The average molecular weight is 774 g/mol. The molecule has 15 heteroatoms. The smallest absolute Gasteiger partial charge is 0.407 e. The van der Waals surface area contributed by atoms with Gasteiger partial charge in [-0.2, -0.15) is 0 Å². The summed E-state index contributed by atoms with van der Waals surface area (Å²) in [6.45, 7) is 4.58. The molecule has 292 valence electrons. The number of esters is 1. The van der Waals surface area contributed by atoms with E-state index in [1.54, 1.807) is 32.9 Å². The number of hydrazine groups is 1. The van der Waals surface area contributed by atoms with Crippen LogP contribution in [0.15, 0.2) is 83.4 Å². The standard InChI is InChI=1S/C42H40FN7O7/c1-21-12-26-28(29-17-50-34(37(29)47-33(26)14-32(21)43)13-27-31(39(50)53)20-56-40(54)38(27)52)16-49(45)18-35(44)42(2,3)48-36(51)15-46-41(55)57-19-30-24-10-6-4-8-22(24)23-9-5-7-11-25(23)30/h4-14,18,30,38,52H,15-17,19-20,44-45H2,1-3H3,(H,46,55)(H,48,51)/b35-18-. The molecule has 1 unspecified atom stereocenters. The number of benzene rings is 3. The number of hydrogen-bond acceptors (Lipinski definition) is 11. The number of aromatic nitrogens is 2. The number of cyclic esters (lactones) is 1. The number of nitrogens with two attached hydrogens (primary N) is 2. The van der Waals surface area contributed by atoms with Gasteiger partial charge in [0, 0.05) is 34.7 Å².